The zero-order chi connectivity index (χ0) is 19.9. The average Bonchev–Trinajstić information content (AvgIpc) is 2.66. The average molecular weight is 386 g/mol. The highest BCUT2D eigenvalue weighted by Crippen LogP contribution is 2.19. The predicted molar refractivity (Wildman–Crippen MR) is 110 cm³/mol. The number of nitrogens with one attached hydrogen (secondary N) is 2. The summed E-state index contributed by atoms with van der Waals surface area (Å²) in [5.41, 5.74) is 1.19. The predicted octanol–water partition coefficient (Wildman–Crippen LogP) is 1.46. The first kappa shape index (κ1) is 20.4. The number of rotatable bonds is 8. The Kier molecular flexibility index (Phi) is 7.06. The molecule has 1 aromatic heterocycles. The minimum Gasteiger partial charge on any atom is -0.497 e. The summed E-state index contributed by atoms with van der Waals surface area (Å²) in [5.74, 6) is 1.50. The van der Waals surface area contributed by atoms with Crippen molar-refractivity contribution in [3.63, 3.8) is 0 Å². The lowest BCUT2D eigenvalue weighted by Gasteiger charge is -2.34. The van der Waals surface area contributed by atoms with Gasteiger partial charge in [-0.25, -0.2) is 4.79 Å². The second-order valence-electron chi connectivity index (χ2n) is 7.72. The summed E-state index contributed by atoms with van der Waals surface area (Å²) in [4.78, 5) is 32.5. The molecule has 0 bridgehead atoms. The second-order valence-corrected chi connectivity index (χ2v) is 7.72. The molecule has 0 spiro atoms. The molecule has 1 atom stereocenters. The summed E-state index contributed by atoms with van der Waals surface area (Å²) in [6, 6.07) is 9.76. The third kappa shape index (κ3) is 6.07. The normalized spacial score (nSPS) is 17.8. The molecule has 0 amide bonds. The first-order valence-electron chi connectivity index (χ1n) is 9.88. The van der Waals surface area contributed by atoms with Gasteiger partial charge in [0.05, 0.1) is 7.11 Å². The molecule has 1 aliphatic rings. The van der Waals surface area contributed by atoms with Gasteiger partial charge in [0.15, 0.2) is 0 Å². The molecular weight excluding hydrogens is 356 g/mol. The van der Waals surface area contributed by atoms with Crippen molar-refractivity contribution in [2.75, 3.05) is 40.3 Å². The molecule has 1 aliphatic heterocycles. The van der Waals surface area contributed by atoms with Gasteiger partial charge in [-0.3, -0.25) is 9.78 Å². The van der Waals surface area contributed by atoms with E-state index in [1.165, 1.54) is 24.5 Å². The number of H-pyrrole nitrogens is 2. The maximum Gasteiger partial charge on any atom is 0.325 e. The van der Waals surface area contributed by atoms with Crippen LogP contribution in [0, 0.1) is 5.92 Å². The van der Waals surface area contributed by atoms with Crippen LogP contribution >= 0.6 is 0 Å². The molecule has 2 heterocycles. The Labute approximate surface area is 165 Å². The lowest BCUT2D eigenvalue weighted by molar-refractivity contribution is 0.142. The fourth-order valence-corrected chi connectivity index (χ4v) is 3.98. The van der Waals surface area contributed by atoms with E-state index >= 15 is 0 Å². The number of ether oxygens (including phenoxy) is 1. The Hall–Kier alpha value is -2.38. The van der Waals surface area contributed by atoms with Crippen molar-refractivity contribution >= 4 is 0 Å². The summed E-state index contributed by atoms with van der Waals surface area (Å²) in [5, 5.41) is 0. The topological polar surface area (TPSA) is 81.4 Å². The highest BCUT2D eigenvalue weighted by molar-refractivity contribution is 5.27. The van der Waals surface area contributed by atoms with Gasteiger partial charge < -0.3 is 19.5 Å². The molecule has 0 unspecified atom stereocenters. The molecule has 3 rings (SSSR count). The highest BCUT2D eigenvalue weighted by atomic mass is 16.5. The third-order valence-electron chi connectivity index (χ3n) is 5.31. The SMILES string of the molecule is COc1ccc(CCN2CCC[C@@H](CN(C)Cc3cc(=O)[nH]c(=O)[nH]3)C2)cc1. The van der Waals surface area contributed by atoms with Crippen molar-refractivity contribution in [3.05, 3.63) is 62.4 Å². The number of hydrogen-bond donors (Lipinski definition) is 2. The summed E-state index contributed by atoms with van der Waals surface area (Å²) >= 11 is 0. The molecular formula is C21H30N4O3. The summed E-state index contributed by atoms with van der Waals surface area (Å²) in [6.07, 6.45) is 3.47. The Morgan fingerprint density at radius 2 is 2.00 bits per heavy atom. The Morgan fingerprint density at radius 1 is 1.21 bits per heavy atom. The van der Waals surface area contributed by atoms with E-state index in [2.05, 4.69) is 31.9 Å². The molecule has 7 nitrogen and oxygen atoms in total. The minimum atomic E-state index is -0.446. The van der Waals surface area contributed by atoms with Crippen LogP contribution in [0.5, 0.6) is 5.75 Å². The zero-order valence-corrected chi connectivity index (χ0v) is 16.7. The largest absolute Gasteiger partial charge is 0.497 e. The second kappa shape index (κ2) is 9.71. The zero-order valence-electron chi connectivity index (χ0n) is 16.7. The van der Waals surface area contributed by atoms with Gasteiger partial charge in [-0.1, -0.05) is 12.1 Å². The van der Waals surface area contributed by atoms with Crippen molar-refractivity contribution in [1.82, 2.24) is 19.8 Å². The number of likely N-dealkylation sites (tertiary alicyclic amines) is 1. The molecule has 0 aliphatic carbocycles. The Balaban J connectivity index is 1.47. The van der Waals surface area contributed by atoms with E-state index < -0.39 is 5.69 Å². The molecule has 1 fully saturated rings. The van der Waals surface area contributed by atoms with E-state index in [9.17, 15) is 9.59 Å². The van der Waals surface area contributed by atoms with Gasteiger partial charge in [0.1, 0.15) is 5.75 Å². The molecule has 28 heavy (non-hydrogen) atoms. The number of methoxy groups -OCH3 is 1. The van der Waals surface area contributed by atoms with Crippen LogP contribution in [-0.4, -0.2) is 60.1 Å². The minimum absolute atomic E-state index is 0.352. The van der Waals surface area contributed by atoms with E-state index in [1.54, 1.807) is 7.11 Å². The molecule has 1 aromatic carbocycles. The number of piperidine rings is 1. The maximum atomic E-state index is 11.4. The first-order chi connectivity index (χ1) is 13.5. The summed E-state index contributed by atoms with van der Waals surface area (Å²) in [6.45, 7) is 4.83. The Bertz CT molecular complexity index is 831. The molecule has 2 aromatic rings. The molecule has 0 saturated carbocycles. The fraction of sp³-hybridized carbons (Fsp3) is 0.524. The highest BCUT2D eigenvalue weighted by Gasteiger charge is 2.21. The standard InChI is InChI=1S/C21H30N4O3/c1-24(15-18-12-20(26)23-21(27)22-18)13-17-4-3-10-25(14-17)11-9-16-5-7-19(28-2)8-6-16/h5-8,12,17H,3-4,9-11,13-15H2,1-2H3,(H2,22,23,26,27)/t17-/m0/s1. The van der Waals surface area contributed by atoms with E-state index in [0.29, 0.717) is 18.2 Å². The van der Waals surface area contributed by atoms with Crippen molar-refractivity contribution in [2.45, 2.75) is 25.8 Å². The van der Waals surface area contributed by atoms with Crippen LogP contribution in [0.25, 0.3) is 0 Å². The lowest BCUT2D eigenvalue weighted by atomic mass is 9.97. The number of aromatic amines is 2. The van der Waals surface area contributed by atoms with Crippen molar-refractivity contribution in [2.24, 2.45) is 5.92 Å². The van der Waals surface area contributed by atoms with Gasteiger partial charge in [0, 0.05) is 37.9 Å². The number of aromatic nitrogens is 2. The van der Waals surface area contributed by atoms with Crippen LogP contribution in [0.15, 0.2) is 39.9 Å². The summed E-state index contributed by atoms with van der Waals surface area (Å²) in [7, 11) is 3.73. The molecule has 1 saturated heterocycles. The smallest absolute Gasteiger partial charge is 0.325 e. The van der Waals surface area contributed by atoms with Gasteiger partial charge in [0.25, 0.3) is 5.56 Å². The van der Waals surface area contributed by atoms with Gasteiger partial charge in [-0.15, -0.1) is 0 Å². The van der Waals surface area contributed by atoms with Crippen LogP contribution in [0.1, 0.15) is 24.1 Å². The number of nitrogens with zero attached hydrogens (tertiary/aromatic N) is 2. The molecule has 7 heteroatoms. The number of hydrogen-bond acceptors (Lipinski definition) is 5. The van der Waals surface area contributed by atoms with E-state index in [1.807, 2.05) is 19.2 Å². The third-order valence-corrected chi connectivity index (χ3v) is 5.31. The summed E-state index contributed by atoms with van der Waals surface area (Å²) < 4.78 is 5.22. The van der Waals surface area contributed by atoms with Gasteiger partial charge >= 0.3 is 5.69 Å². The van der Waals surface area contributed by atoms with Crippen LogP contribution in [-0.2, 0) is 13.0 Å². The van der Waals surface area contributed by atoms with Crippen molar-refractivity contribution in [1.29, 1.82) is 0 Å². The van der Waals surface area contributed by atoms with Gasteiger partial charge in [-0.2, -0.15) is 0 Å². The van der Waals surface area contributed by atoms with Gasteiger partial charge in [0.2, 0.25) is 0 Å². The fourth-order valence-electron chi connectivity index (χ4n) is 3.98. The van der Waals surface area contributed by atoms with Crippen molar-refractivity contribution in [3.8, 4) is 5.75 Å². The van der Waals surface area contributed by atoms with Crippen LogP contribution in [0.3, 0.4) is 0 Å². The first-order valence-corrected chi connectivity index (χ1v) is 9.88. The molecule has 2 N–H and O–H groups in total. The molecule has 0 radical (unpaired) electrons. The van der Waals surface area contributed by atoms with Gasteiger partial charge in [-0.05, 0) is 56.5 Å². The van der Waals surface area contributed by atoms with E-state index in [0.717, 1.165) is 38.3 Å². The lowest BCUT2D eigenvalue weighted by Crippen LogP contribution is -2.41. The Morgan fingerprint density at radius 3 is 2.71 bits per heavy atom. The molecule has 152 valence electrons. The van der Waals surface area contributed by atoms with Crippen LogP contribution in [0.2, 0.25) is 0 Å². The quantitative estimate of drug-likeness (QED) is 0.718. The van der Waals surface area contributed by atoms with Crippen LogP contribution < -0.4 is 16.0 Å². The van der Waals surface area contributed by atoms with Crippen molar-refractivity contribution < 1.29 is 4.74 Å². The maximum absolute atomic E-state index is 11.4. The van der Waals surface area contributed by atoms with E-state index in [-0.39, 0.29) is 5.56 Å². The van der Waals surface area contributed by atoms with Crippen LogP contribution in [0.4, 0.5) is 0 Å². The number of benzene rings is 1. The van der Waals surface area contributed by atoms with E-state index in [4.69, 9.17) is 4.74 Å². The monoisotopic (exact) mass is 386 g/mol.